The largest absolute Gasteiger partial charge is 0.491 e. The summed E-state index contributed by atoms with van der Waals surface area (Å²) < 4.78 is 7.48. The van der Waals surface area contributed by atoms with Crippen LogP contribution in [0, 0.1) is 20.8 Å². The average Bonchev–Trinajstić information content (AvgIpc) is 2.91. The summed E-state index contributed by atoms with van der Waals surface area (Å²) in [6.07, 6.45) is 1.39. The molecule has 0 bridgehead atoms. The molecule has 1 aliphatic rings. The maximum Gasteiger partial charge on any atom is 0.244 e. The van der Waals surface area contributed by atoms with Crippen molar-refractivity contribution in [1.82, 2.24) is 14.7 Å². The van der Waals surface area contributed by atoms with E-state index in [-0.39, 0.29) is 25.6 Å². The van der Waals surface area contributed by atoms with Gasteiger partial charge in [0.2, 0.25) is 5.91 Å². The molecule has 1 aromatic carbocycles. The highest BCUT2D eigenvalue weighted by Crippen LogP contribution is 2.23. The SMILES string of the molecule is Cc1ccc(OC[C@@]2(O)CCCN(C(=O)Cn3nc(C)cc3C)C2)cc1. The fraction of sp³-hybridized carbons (Fsp3) is 0.500. The van der Waals surface area contributed by atoms with E-state index in [4.69, 9.17) is 4.74 Å². The van der Waals surface area contributed by atoms with Gasteiger partial charge < -0.3 is 14.7 Å². The van der Waals surface area contributed by atoms with Gasteiger partial charge in [0.25, 0.3) is 0 Å². The molecule has 0 unspecified atom stereocenters. The molecule has 140 valence electrons. The van der Waals surface area contributed by atoms with Gasteiger partial charge in [-0.2, -0.15) is 5.10 Å². The van der Waals surface area contributed by atoms with Crippen molar-refractivity contribution in [1.29, 1.82) is 0 Å². The molecule has 6 heteroatoms. The van der Waals surface area contributed by atoms with Gasteiger partial charge in [-0.15, -0.1) is 0 Å². The van der Waals surface area contributed by atoms with E-state index in [2.05, 4.69) is 5.10 Å². The van der Waals surface area contributed by atoms with Crippen molar-refractivity contribution in [2.24, 2.45) is 0 Å². The van der Waals surface area contributed by atoms with Gasteiger partial charge in [-0.05, 0) is 51.8 Å². The number of piperidine rings is 1. The summed E-state index contributed by atoms with van der Waals surface area (Å²) >= 11 is 0. The lowest BCUT2D eigenvalue weighted by atomic mass is 9.93. The monoisotopic (exact) mass is 357 g/mol. The van der Waals surface area contributed by atoms with Crippen molar-refractivity contribution in [2.75, 3.05) is 19.7 Å². The van der Waals surface area contributed by atoms with Crippen LogP contribution >= 0.6 is 0 Å². The number of hydrogen-bond donors (Lipinski definition) is 1. The van der Waals surface area contributed by atoms with Crippen LogP contribution in [-0.2, 0) is 11.3 Å². The van der Waals surface area contributed by atoms with Crippen LogP contribution in [0.1, 0.15) is 29.8 Å². The number of hydrogen-bond acceptors (Lipinski definition) is 4. The topological polar surface area (TPSA) is 67.6 Å². The fourth-order valence-corrected chi connectivity index (χ4v) is 3.36. The first-order valence-electron chi connectivity index (χ1n) is 9.05. The zero-order chi connectivity index (χ0) is 18.7. The molecular formula is C20H27N3O3. The lowest BCUT2D eigenvalue weighted by Crippen LogP contribution is -2.54. The van der Waals surface area contributed by atoms with Crippen LogP contribution in [-0.4, -0.2) is 51.0 Å². The average molecular weight is 357 g/mol. The Balaban J connectivity index is 1.59. The van der Waals surface area contributed by atoms with Gasteiger partial charge in [0.05, 0.1) is 12.2 Å². The molecule has 1 amide bonds. The number of β-amino-alcohol motifs (C(OH)–C–C–N with tert-alkyl or cyclic N) is 1. The maximum atomic E-state index is 12.6. The lowest BCUT2D eigenvalue weighted by Gasteiger charge is -2.39. The van der Waals surface area contributed by atoms with Crippen LogP contribution in [0.5, 0.6) is 5.75 Å². The number of likely N-dealkylation sites (tertiary alicyclic amines) is 1. The Morgan fingerprint density at radius 2 is 2.00 bits per heavy atom. The molecular weight excluding hydrogens is 330 g/mol. The van der Waals surface area contributed by atoms with Gasteiger partial charge in [0.1, 0.15) is 24.5 Å². The number of aliphatic hydroxyl groups is 1. The van der Waals surface area contributed by atoms with Crippen LogP contribution in [0.3, 0.4) is 0 Å². The molecule has 26 heavy (non-hydrogen) atoms. The minimum Gasteiger partial charge on any atom is -0.491 e. The van der Waals surface area contributed by atoms with Crippen LogP contribution in [0.25, 0.3) is 0 Å². The molecule has 1 aromatic heterocycles. The summed E-state index contributed by atoms with van der Waals surface area (Å²) in [5.41, 5.74) is 2.01. The molecule has 0 spiro atoms. The van der Waals surface area contributed by atoms with Crippen molar-refractivity contribution in [3.63, 3.8) is 0 Å². The number of carbonyl (C=O) groups excluding carboxylic acids is 1. The van der Waals surface area contributed by atoms with E-state index in [1.54, 1.807) is 9.58 Å². The number of ether oxygens (including phenoxy) is 1. The maximum absolute atomic E-state index is 12.6. The number of benzene rings is 1. The molecule has 1 saturated heterocycles. The van der Waals surface area contributed by atoms with E-state index in [1.165, 1.54) is 0 Å². The number of rotatable bonds is 5. The van der Waals surface area contributed by atoms with Crippen molar-refractivity contribution >= 4 is 5.91 Å². The normalized spacial score (nSPS) is 20.2. The molecule has 1 atom stereocenters. The first-order valence-corrected chi connectivity index (χ1v) is 9.05. The van der Waals surface area contributed by atoms with Gasteiger partial charge >= 0.3 is 0 Å². The molecule has 1 aliphatic heterocycles. The summed E-state index contributed by atoms with van der Waals surface area (Å²) in [6.45, 7) is 7.20. The highest BCUT2D eigenvalue weighted by molar-refractivity contribution is 5.76. The quantitative estimate of drug-likeness (QED) is 0.891. The van der Waals surface area contributed by atoms with Crippen LogP contribution < -0.4 is 4.74 Å². The van der Waals surface area contributed by atoms with E-state index in [0.717, 1.165) is 29.1 Å². The lowest BCUT2D eigenvalue weighted by molar-refractivity contribution is -0.141. The molecule has 3 rings (SSSR count). The van der Waals surface area contributed by atoms with E-state index in [0.29, 0.717) is 13.0 Å². The minimum absolute atomic E-state index is 0.0235. The third-order valence-electron chi connectivity index (χ3n) is 4.82. The number of aryl methyl sites for hydroxylation is 3. The first kappa shape index (κ1) is 18.5. The summed E-state index contributed by atoms with van der Waals surface area (Å²) in [6, 6.07) is 9.70. The Hall–Kier alpha value is -2.34. The standard InChI is InChI=1S/C20H27N3O3/c1-15-5-7-18(8-6-15)26-14-20(25)9-4-10-22(13-20)19(24)12-23-17(3)11-16(2)21-23/h5-8,11,25H,4,9-10,12-14H2,1-3H3/t20-/m1/s1. The molecule has 0 aliphatic carbocycles. The predicted molar refractivity (Wildman–Crippen MR) is 99.1 cm³/mol. The van der Waals surface area contributed by atoms with E-state index >= 15 is 0 Å². The predicted octanol–water partition coefficient (Wildman–Crippen LogP) is 2.24. The summed E-state index contributed by atoms with van der Waals surface area (Å²) in [5.74, 6) is 0.708. The Morgan fingerprint density at radius 1 is 1.27 bits per heavy atom. The van der Waals surface area contributed by atoms with Gasteiger partial charge in [-0.1, -0.05) is 17.7 Å². The van der Waals surface area contributed by atoms with Crippen molar-refractivity contribution in [2.45, 2.75) is 45.8 Å². The molecule has 6 nitrogen and oxygen atoms in total. The number of amides is 1. The second kappa shape index (κ2) is 7.50. The van der Waals surface area contributed by atoms with E-state index in [9.17, 15) is 9.90 Å². The van der Waals surface area contributed by atoms with E-state index < -0.39 is 5.60 Å². The first-order chi connectivity index (χ1) is 12.3. The zero-order valence-electron chi connectivity index (χ0n) is 15.7. The third kappa shape index (κ3) is 4.43. The fourth-order valence-electron chi connectivity index (χ4n) is 3.36. The zero-order valence-corrected chi connectivity index (χ0v) is 15.7. The second-order valence-corrected chi connectivity index (χ2v) is 7.33. The smallest absolute Gasteiger partial charge is 0.244 e. The van der Waals surface area contributed by atoms with Crippen LogP contribution in [0.2, 0.25) is 0 Å². The van der Waals surface area contributed by atoms with Gasteiger partial charge in [-0.25, -0.2) is 0 Å². The molecule has 0 saturated carbocycles. The molecule has 0 radical (unpaired) electrons. The third-order valence-corrected chi connectivity index (χ3v) is 4.82. The van der Waals surface area contributed by atoms with Crippen molar-refractivity contribution < 1.29 is 14.6 Å². The number of carbonyl (C=O) groups is 1. The van der Waals surface area contributed by atoms with Crippen LogP contribution in [0.15, 0.2) is 30.3 Å². The molecule has 2 heterocycles. The highest BCUT2D eigenvalue weighted by Gasteiger charge is 2.36. The Morgan fingerprint density at radius 3 is 2.65 bits per heavy atom. The van der Waals surface area contributed by atoms with Crippen LogP contribution in [0.4, 0.5) is 0 Å². The molecule has 1 fully saturated rings. The van der Waals surface area contributed by atoms with Gasteiger partial charge in [0, 0.05) is 12.2 Å². The van der Waals surface area contributed by atoms with Gasteiger partial charge in [-0.3, -0.25) is 9.48 Å². The Bertz CT molecular complexity index is 769. The summed E-state index contributed by atoms with van der Waals surface area (Å²) in [5, 5.41) is 15.2. The molecule has 1 N–H and O–H groups in total. The number of aromatic nitrogens is 2. The summed E-state index contributed by atoms with van der Waals surface area (Å²) in [4.78, 5) is 14.4. The minimum atomic E-state index is -1.02. The van der Waals surface area contributed by atoms with Gasteiger partial charge in [0.15, 0.2) is 0 Å². The Labute approximate surface area is 154 Å². The Kier molecular flexibility index (Phi) is 5.32. The summed E-state index contributed by atoms with van der Waals surface area (Å²) in [7, 11) is 0. The number of nitrogens with zero attached hydrogens (tertiary/aromatic N) is 3. The van der Waals surface area contributed by atoms with Crippen molar-refractivity contribution in [3.05, 3.63) is 47.3 Å². The van der Waals surface area contributed by atoms with E-state index in [1.807, 2.05) is 51.1 Å². The van der Waals surface area contributed by atoms with Crippen molar-refractivity contribution in [3.8, 4) is 5.75 Å². The second-order valence-electron chi connectivity index (χ2n) is 7.33. The molecule has 2 aromatic rings. The highest BCUT2D eigenvalue weighted by atomic mass is 16.5.